The first-order valence-electron chi connectivity index (χ1n) is 9.30. The summed E-state index contributed by atoms with van der Waals surface area (Å²) in [6.45, 7) is 5.15. The molecule has 2 heterocycles. The standard InChI is InChI=1S/C20H28N4O3S/c1-16-5-7-19(27-4)17(13-16)15-23(3)20-8-6-18(14-21-20)28(25,26)24-11-9-22(2)10-12-24/h5-8,13-14H,9-12,15H2,1-4H3. The SMILES string of the molecule is COc1ccc(C)cc1CN(C)c1ccc(S(=O)(=O)N2CCN(C)CC2)cn1. The first-order chi connectivity index (χ1) is 13.3. The van der Waals surface area contributed by atoms with Gasteiger partial charge < -0.3 is 14.5 Å². The quantitative estimate of drug-likeness (QED) is 0.733. The Balaban J connectivity index is 1.74. The molecule has 0 N–H and O–H groups in total. The molecule has 1 aromatic carbocycles. The molecule has 1 aromatic heterocycles. The summed E-state index contributed by atoms with van der Waals surface area (Å²) >= 11 is 0. The van der Waals surface area contributed by atoms with E-state index in [1.165, 1.54) is 10.5 Å². The molecule has 0 amide bonds. The third-order valence-electron chi connectivity index (χ3n) is 5.06. The van der Waals surface area contributed by atoms with Crippen molar-refractivity contribution in [3.05, 3.63) is 47.7 Å². The van der Waals surface area contributed by atoms with E-state index in [9.17, 15) is 8.42 Å². The summed E-state index contributed by atoms with van der Waals surface area (Å²) in [5, 5.41) is 0. The second kappa shape index (κ2) is 8.46. The maximum absolute atomic E-state index is 12.8. The molecule has 0 atom stereocenters. The van der Waals surface area contributed by atoms with E-state index in [-0.39, 0.29) is 4.90 Å². The molecule has 1 saturated heterocycles. The van der Waals surface area contributed by atoms with E-state index < -0.39 is 10.0 Å². The van der Waals surface area contributed by atoms with Gasteiger partial charge in [0.1, 0.15) is 16.5 Å². The topological polar surface area (TPSA) is 66.0 Å². The fraction of sp³-hybridized carbons (Fsp3) is 0.450. The summed E-state index contributed by atoms with van der Waals surface area (Å²) in [4.78, 5) is 8.74. The minimum Gasteiger partial charge on any atom is -0.496 e. The monoisotopic (exact) mass is 404 g/mol. The molecule has 0 spiro atoms. The highest BCUT2D eigenvalue weighted by atomic mass is 32.2. The van der Waals surface area contributed by atoms with Crippen LogP contribution in [0.5, 0.6) is 5.75 Å². The van der Waals surface area contributed by atoms with Gasteiger partial charge >= 0.3 is 0 Å². The van der Waals surface area contributed by atoms with Crippen LogP contribution in [-0.2, 0) is 16.6 Å². The van der Waals surface area contributed by atoms with Crippen molar-refractivity contribution in [2.45, 2.75) is 18.4 Å². The molecule has 1 aliphatic rings. The summed E-state index contributed by atoms with van der Waals surface area (Å²) in [5.74, 6) is 1.53. The maximum atomic E-state index is 12.8. The fourth-order valence-corrected chi connectivity index (χ4v) is 4.66. The molecule has 0 radical (unpaired) electrons. The predicted octanol–water partition coefficient (Wildman–Crippen LogP) is 1.97. The Morgan fingerprint density at radius 1 is 1.14 bits per heavy atom. The molecule has 3 rings (SSSR count). The van der Waals surface area contributed by atoms with Crippen molar-refractivity contribution in [3.8, 4) is 5.75 Å². The number of nitrogens with zero attached hydrogens (tertiary/aromatic N) is 4. The highest BCUT2D eigenvalue weighted by Gasteiger charge is 2.27. The van der Waals surface area contributed by atoms with Gasteiger partial charge in [-0.3, -0.25) is 0 Å². The van der Waals surface area contributed by atoms with Crippen LogP contribution in [0, 0.1) is 6.92 Å². The van der Waals surface area contributed by atoms with E-state index in [1.807, 2.05) is 38.1 Å². The highest BCUT2D eigenvalue weighted by molar-refractivity contribution is 7.89. The van der Waals surface area contributed by atoms with Crippen molar-refractivity contribution >= 4 is 15.8 Å². The van der Waals surface area contributed by atoms with Gasteiger partial charge in [0.05, 0.1) is 7.11 Å². The largest absolute Gasteiger partial charge is 0.496 e. The minimum atomic E-state index is -3.50. The van der Waals surface area contributed by atoms with Gasteiger partial charge in [-0.1, -0.05) is 17.7 Å². The average Bonchev–Trinajstić information content (AvgIpc) is 2.68. The van der Waals surface area contributed by atoms with Gasteiger partial charge in [0.2, 0.25) is 10.0 Å². The third kappa shape index (κ3) is 4.45. The molecular formula is C20H28N4O3S. The van der Waals surface area contributed by atoms with Crippen molar-refractivity contribution in [1.29, 1.82) is 0 Å². The maximum Gasteiger partial charge on any atom is 0.244 e. The number of hydrogen-bond donors (Lipinski definition) is 0. The van der Waals surface area contributed by atoms with E-state index in [0.717, 1.165) is 30.0 Å². The summed E-state index contributed by atoms with van der Waals surface area (Å²) < 4.78 is 32.6. The molecule has 28 heavy (non-hydrogen) atoms. The molecule has 0 saturated carbocycles. The van der Waals surface area contributed by atoms with Gasteiger partial charge in [0.15, 0.2) is 0 Å². The lowest BCUT2D eigenvalue weighted by atomic mass is 10.1. The Hall–Kier alpha value is -2.16. The van der Waals surface area contributed by atoms with Crippen molar-refractivity contribution in [2.24, 2.45) is 0 Å². The Labute approximate surface area is 167 Å². The van der Waals surface area contributed by atoms with Gasteiger partial charge in [0, 0.05) is 51.5 Å². The van der Waals surface area contributed by atoms with Gasteiger partial charge in [0.25, 0.3) is 0 Å². The molecular weight excluding hydrogens is 376 g/mol. The van der Waals surface area contributed by atoms with E-state index in [0.29, 0.717) is 25.5 Å². The molecule has 2 aromatic rings. The normalized spacial score (nSPS) is 16.1. The highest BCUT2D eigenvalue weighted by Crippen LogP contribution is 2.24. The number of hydrogen-bond acceptors (Lipinski definition) is 6. The van der Waals surface area contributed by atoms with Gasteiger partial charge in [-0.15, -0.1) is 0 Å². The number of likely N-dealkylation sites (N-methyl/N-ethyl adjacent to an activating group) is 1. The van der Waals surface area contributed by atoms with Crippen LogP contribution in [0.15, 0.2) is 41.4 Å². The van der Waals surface area contributed by atoms with Crippen LogP contribution in [0.4, 0.5) is 5.82 Å². The second-order valence-electron chi connectivity index (χ2n) is 7.23. The first-order valence-corrected chi connectivity index (χ1v) is 10.7. The summed E-state index contributed by atoms with van der Waals surface area (Å²) in [6, 6.07) is 9.45. The number of piperazine rings is 1. The zero-order chi connectivity index (χ0) is 20.3. The number of aromatic nitrogens is 1. The number of pyridine rings is 1. The molecule has 152 valence electrons. The molecule has 0 bridgehead atoms. The predicted molar refractivity (Wildman–Crippen MR) is 110 cm³/mol. The van der Waals surface area contributed by atoms with Crippen molar-refractivity contribution in [2.75, 3.05) is 52.3 Å². The number of benzene rings is 1. The Kier molecular flexibility index (Phi) is 6.22. The summed E-state index contributed by atoms with van der Waals surface area (Å²) in [7, 11) is 2.09. The van der Waals surface area contributed by atoms with Crippen molar-refractivity contribution in [1.82, 2.24) is 14.2 Å². The third-order valence-corrected chi connectivity index (χ3v) is 6.94. The molecule has 0 aliphatic carbocycles. The Morgan fingerprint density at radius 3 is 2.46 bits per heavy atom. The average molecular weight is 405 g/mol. The number of aryl methyl sites for hydroxylation is 1. The van der Waals surface area contributed by atoms with Gasteiger partial charge in [-0.2, -0.15) is 4.31 Å². The Morgan fingerprint density at radius 2 is 1.86 bits per heavy atom. The fourth-order valence-electron chi connectivity index (χ4n) is 3.30. The zero-order valence-electron chi connectivity index (χ0n) is 16.9. The van der Waals surface area contributed by atoms with Crippen molar-refractivity contribution in [3.63, 3.8) is 0 Å². The molecule has 7 nitrogen and oxygen atoms in total. The minimum absolute atomic E-state index is 0.238. The second-order valence-corrected chi connectivity index (χ2v) is 9.17. The molecule has 1 aliphatic heterocycles. The molecule has 8 heteroatoms. The Bertz CT molecular complexity index is 908. The van der Waals surface area contributed by atoms with Gasteiger partial charge in [-0.05, 0) is 32.2 Å². The van der Waals surface area contributed by atoms with Gasteiger partial charge in [-0.25, -0.2) is 13.4 Å². The lowest BCUT2D eigenvalue weighted by molar-refractivity contribution is 0.222. The number of anilines is 1. The number of rotatable bonds is 6. The lowest BCUT2D eigenvalue weighted by Crippen LogP contribution is -2.47. The van der Waals surface area contributed by atoms with Crippen LogP contribution in [0.2, 0.25) is 0 Å². The summed E-state index contributed by atoms with van der Waals surface area (Å²) in [5.41, 5.74) is 2.21. The number of ether oxygens (including phenoxy) is 1. The lowest BCUT2D eigenvalue weighted by Gasteiger charge is -2.31. The van der Waals surface area contributed by atoms with Crippen LogP contribution in [0.3, 0.4) is 0 Å². The van der Waals surface area contributed by atoms with E-state index in [1.54, 1.807) is 19.2 Å². The van der Waals surface area contributed by atoms with E-state index in [2.05, 4.69) is 16.0 Å². The summed E-state index contributed by atoms with van der Waals surface area (Å²) in [6.07, 6.45) is 1.45. The first kappa shape index (κ1) is 20.6. The molecule has 1 fully saturated rings. The van der Waals surface area contributed by atoms with Crippen LogP contribution < -0.4 is 9.64 Å². The smallest absolute Gasteiger partial charge is 0.244 e. The van der Waals surface area contributed by atoms with Crippen molar-refractivity contribution < 1.29 is 13.2 Å². The van der Waals surface area contributed by atoms with Crippen LogP contribution in [0.25, 0.3) is 0 Å². The number of sulfonamides is 1. The number of methoxy groups -OCH3 is 1. The molecule has 0 unspecified atom stereocenters. The van der Waals surface area contributed by atoms with Crippen LogP contribution in [0.1, 0.15) is 11.1 Å². The van der Waals surface area contributed by atoms with E-state index >= 15 is 0 Å². The van der Waals surface area contributed by atoms with Crippen LogP contribution >= 0.6 is 0 Å². The van der Waals surface area contributed by atoms with E-state index in [4.69, 9.17) is 4.74 Å². The van der Waals surface area contributed by atoms with Crippen LogP contribution in [-0.4, -0.2) is 70.0 Å². The zero-order valence-corrected chi connectivity index (χ0v) is 17.7.